The Morgan fingerprint density at radius 1 is 1.85 bits per heavy atom. The highest BCUT2D eigenvalue weighted by Gasteiger charge is 2.10. The van der Waals surface area contributed by atoms with Crippen LogP contribution in [0.1, 0.15) is 12.7 Å². The molecule has 1 aromatic heterocycles. The van der Waals surface area contributed by atoms with Crippen LogP contribution in [-0.4, -0.2) is 28.0 Å². The molecule has 0 unspecified atom stereocenters. The van der Waals surface area contributed by atoms with Gasteiger partial charge in [0.15, 0.2) is 10.8 Å². The average molecular weight is 199 g/mol. The van der Waals surface area contributed by atoms with Crippen molar-refractivity contribution >= 4 is 28.7 Å². The molecule has 0 fully saturated rings. The minimum atomic E-state index is -0.0743. The quantitative estimate of drug-likeness (QED) is 0.543. The topological polar surface area (TPSA) is 90.5 Å². The molecular weight excluding hydrogens is 192 g/mol. The maximum absolute atomic E-state index is 10.4. The third-order valence-electron chi connectivity index (χ3n) is 1.04. The molecule has 0 spiro atoms. The Bertz CT molecular complexity index is 322. The second-order valence-electron chi connectivity index (χ2n) is 1.92. The molecule has 0 atom stereocenters. The standard InChI is InChI=1S/C6H7N4O2S/c1-2-12-9-4(3-11)5-8-6(7)13-10-5/h2H2,1H3,(H2,7,8,10)/b9-4-. The van der Waals surface area contributed by atoms with E-state index < -0.39 is 0 Å². The number of hydrogen-bond donors (Lipinski definition) is 1. The smallest absolute Gasteiger partial charge is 0.261 e. The number of oxime groups is 1. The summed E-state index contributed by atoms with van der Waals surface area (Å²) in [4.78, 5) is 18.8. The fourth-order valence-electron chi connectivity index (χ4n) is 0.566. The SMILES string of the molecule is CCO/N=C(/[C]=O)c1nsc(N)n1. The summed E-state index contributed by atoms with van der Waals surface area (Å²) in [5.41, 5.74) is 5.24. The zero-order chi connectivity index (χ0) is 9.68. The van der Waals surface area contributed by atoms with Crippen molar-refractivity contribution in [3.05, 3.63) is 5.82 Å². The molecule has 0 bridgehead atoms. The van der Waals surface area contributed by atoms with Crippen molar-refractivity contribution < 1.29 is 9.63 Å². The van der Waals surface area contributed by atoms with Gasteiger partial charge in [-0.15, -0.1) is 0 Å². The highest BCUT2D eigenvalue weighted by Crippen LogP contribution is 2.05. The largest absolute Gasteiger partial charge is 0.395 e. The van der Waals surface area contributed by atoms with Crippen LogP contribution in [0, 0.1) is 0 Å². The van der Waals surface area contributed by atoms with E-state index in [9.17, 15) is 4.79 Å². The third kappa shape index (κ3) is 2.48. The minimum absolute atomic E-state index is 0.0743. The molecule has 1 radical (unpaired) electrons. The first-order valence-corrected chi connectivity index (χ1v) is 4.23. The monoisotopic (exact) mass is 199 g/mol. The van der Waals surface area contributed by atoms with Crippen molar-refractivity contribution in [1.82, 2.24) is 9.36 Å². The summed E-state index contributed by atoms with van der Waals surface area (Å²) in [5.74, 6) is 0.144. The van der Waals surface area contributed by atoms with E-state index in [1.54, 1.807) is 13.2 Å². The Morgan fingerprint density at radius 3 is 3.08 bits per heavy atom. The van der Waals surface area contributed by atoms with Gasteiger partial charge in [-0.25, -0.2) is 0 Å². The molecule has 6 nitrogen and oxygen atoms in total. The van der Waals surface area contributed by atoms with Crippen molar-refractivity contribution in [2.24, 2.45) is 5.16 Å². The van der Waals surface area contributed by atoms with Gasteiger partial charge in [0.2, 0.25) is 5.82 Å². The first kappa shape index (κ1) is 9.59. The molecule has 1 aromatic rings. The van der Waals surface area contributed by atoms with Crippen LogP contribution >= 0.6 is 11.5 Å². The van der Waals surface area contributed by atoms with Gasteiger partial charge in [0.1, 0.15) is 6.61 Å². The molecule has 13 heavy (non-hydrogen) atoms. The molecule has 7 heteroatoms. The summed E-state index contributed by atoms with van der Waals surface area (Å²) >= 11 is 0.983. The number of carbonyl (C=O) groups excluding carboxylic acids is 1. The van der Waals surface area contributed by atoms with Crippen molar-refractivity contribution in [2.45, 2.75) is 6.92 Å². The maximum atomic E-state index is 10.4. The Labute approximate surface area is 78.6 Å². The van der Waals surface area contributed by atoms with E-state index in [0.29, 0.717) is 6.61 Å². The molecule has 69 valence electrons. The normalized spacial score (nSPS) is 11.3. The van der Waals surface area contributed by atoms with Crippen molar-refractivity contribution in [3.8, 4) is 0 Å². The highest BCUT2D eigenvalue weighted by atomic mass is 32.1. The van der Waals surface area contributed by atoms with Crippen molar-refractivity contribution in [2.75, 3.05) is 12.3 Å². The first-order valence-electron chi connectivity index (χ1n) is 3.45. The molecule has 0 amide bonds. The Balaban J connectivity index is 2.84. The van der Waals surface area contributed by atoms with E-state index in [1.165, 1.54) is 0 Å². The zero-order valence-electron chi connectivity index (χ0n) is 6.85. The fourth-order valence-corrected chi connectivity index (χ4v) is 1.00. The zero-order valence-corrected chi connectivity index (χ0v) is 7.67. The number of nitrogens with zero attached hydrogens (tertiary/aromatic N) is 3. The van der Waals surface area contributed by atoms with Gasteiger partial charge in [-0.3, -0.25) is 4.79 Å². The van der Waals surface area contributed by atoms with Crippen LogP contribution in [0.3, 0.4) is 0 Å². The van der Waals surface area contributed by atoms with E-state index >= 15 is 0 Å². The van der Waals surface area contributed by atoms with E-state index in [2.05, 4.69) is 19.4 Å². The Hall–Kier alpha value is -1.50. The Morgan fingerprint density at radius 2 is 2.62 bits per heavy atom. The number of hydrogen-bond acceptors (Lipinski definition) is 7. The van der Waals surface area contributed by atoms with Gasteiger partial charge >= 0.3 is 0 Å². The summed E-state index contributed by atoms with van der Waals surface area (Å²) in [6.45, 7) is 2.11. The van der Waals surface area contributed by atoms with Gasteiger partial charge in [0.25, 0.3) is 6.29 Å². The van der Waals surface area contributed by atoms with Crippen LogP contribution in [0.25, 0.3) is 0 Å². The number of rotatable bonds is 4. The van der Waals surface area contributed by atoms with Gasteiger partial charge in [-0.2, -0.15) is 9.36 Å². The minimum Gasteiger partial charge on any atom is -0.395 e. The lowest BCUT2D eigenvalue weighted by atomic mass is 10.4. The van der Waals surface area contributed by atoms with Crippen molar-refractivity contribution in [3.63, 3.8) is 0 Å². The fraction of sp³-hybridized carbons (Fsp3) is 0.333. The lowest BCUT2D eigenvalue weighted by Gasteiger charge is -1.92. The van der Waals surface area contributed by atoms with Crippen LogP contribution in [0.4, 0.5) is 5.13 Å². The first-order chi connectivity index (χ1) is 6.27. The van der Waals surface area contributed by atoms with Gasteiger partial charge in [0, 0.05) is 11.5 Å². The van der Waals surface area contributed by atoms with Gasteiger partial charge < -0.3 is 10.6 Å². The number of nitrogens with two attached hydrogens (primary N) is 1. The van der Waals surface area contributed by atoms with Gasteiger partial charge in [-0.05, 0) is 6.92 Å². The predicted octanol–water partition coefficient (Wildman–Crippen LogP) is -0.0294. The molecule has 0 aliphatic rings. The van der Waals surface area contributed by atoms with Gasteiger partial charge in [-0.1, -0.05) is 5.16 Å². The number of anilines is 1. The van der Waals surface area contributed by atoms with E-state index in [1.807, 2.05) is 0 Å². The van der Waals surface area contributed by atoms with E-state index in [4.69, 9.17) is 5.73 Å². The molecule has 0 aromatic carbocycles. The van der Waals surface area contributed by atoms with Crippen LogP contribution in [0.15, 0.2) is 5.16 Å². The summed E-state index contributed by atoms with van der Waals surface area (Å²) in [6, 6.07) is 0. The van der Waals surface area contributed by atoms with Crippen LogP contribution in [-0.2, 0) is 9.63 Å². The van der Waals surface area contributed by atoms with Gasteiger partial charge in [0.05, 0.1) is 0 Å². The van der Waals surface area contributed by atoms with Crippen LogP contribution in [0.2, 0.25) is 0 Å². The summed E-state index contributed by atoms with van der Waals surface area (Å²) in [7, 11) is 0. The van der Waals surface area contributed by atoms with E-state index in [-0.39, 0.29) is 16.7 Å². The lowest BCUT2D eigenvalue weighted by molar-refractivity contribution is 0.159. The molecule has 1 rings (SSSR count). The predicted molar refractivity (Wildman–Crippen MR) is 48.2 cm³/mol. The average Bonchev–Trinajstić information content (AvgIpc) is 2.54. The Kier molecular flexibility index (Phi) is 3.32. The molecule has 0 saturated heterocycles. The molecule has 0 aliphatic carbocycles. The summed E-state index contributed by atoms with van der Waals surface area (Å²) in [5, 5.41) is 3.74. The number of nitrogen functional groups attached to an aromatic ring is 1. The van der Waals surface area contributed by atoms with Crippen LogP contribution in [0.5, 0.6) is 0 Å². The summed E-state index contributed by atoms with van der Waals surface area (Å²) in [6.07, 6.45) is 1.57. The summed E-state index contributed by atoms with van der Waals surface area (Å²) < 4.78 is 3.77. The lowest BCUT2D eigenvalue weighted by Crippen LogP contribution is -2.06. The maximum Gasteiger partial charge on any atom is 0.261 e. The second-order valence-corrected chi connectivity index (χ2v) is 2.70. The molecule has 0 aliphatic heterocycles. The molecule has 2 N–H and O–H groups in total. The number of aromatic nitrogens is 2. The molecule has 1 heterocycles. The molecular formula is C6H7N4O2S. The highest BCUT2D eigenvalue weighted by molar-refractivity contribution is 7.09. The van der Waals surface area contributed by atoms with E-state index in [0.717, 1.165) is 11.5 Å². The third-order valence-corrected chi connectivity index (χ3v) is 1.58. The molecule has 0 saturated carbocycles. The van der Waals surface area contributed by atoms with Crippen LogP contribution < -0.4 is 5.73 Å². The van der Waals surface area contributed by atoms with Crippen molar-refractivity contribution in [1.29, 1.82) is 0 Å². The second kappa shape index (κ2) is 4.51.